The van der Waals surface area contributed by atoms with Crippen LogP contribution < -0.4 is 0 Å². The lowest BCUT2D eigenvalue weighted by Crippen LogP contribution is -2.24. The molecule has 1 aliphatic heterocycles. The van der Waals surface area contributed by atoms with Gasteiger partial charge in [-0.1, -0.05) is 6.92 Å². The van der Waals surface area contributed by atoms with Gasteiger partial charge in [0.1, 0.15) is 0 Å². The van der Waals surface area contributed by atoms with E-state index in [2.05, 4.69) is 6.92 Å². The molecule has 0 spiro atoms. The van der Waals surface area contributed by atoms with E-state index in [4.69, 9.17) is 0 Å². The zero-order valence-electron chi connectivity index (χ0n) is 6.55. The van der Waals surface area contributed by atoms with E-state index < -0.39 is 0 Å². The van der Waals surface area contributed by atoms with E-state index in [9.17, 15) is 4.79 Å². The largest absolute Gasteiger partial charge is 0.345 e. The molecule has 0 N–H and O–H groups in total. The van der Waals surface area contributed by atoms with Crippen LogP contribution in [0, 0.1) is 11.3 Å². The van der Waals surface area contributed by atoms with Crippen LogP contribution >= 0.6 is 0 Å². The predicted molar refractivity (Wildman–Crippen MR) is 38.5 cm³/mol. The van der Waals surface area contributed by atoms with Crippen molar-refractivity contribution in [2.75, 3.05) is 13.6 Å². The molecule has 1 heterocycles. The van der Waals surface area contributed by atoms with Crippen LogP contribution in [0.3, 0.4) is 0 Å². The summed E-state index contributed by atoms with van der Waals surface area (Å²) in [5.74, 6) is 0.782. The van der Waals surface area contributed by atoms with Crippen molar-refractivity contribution in [3.63, 3.8) is 0 Å². The molecule has 1 amide bonds. The van der Waals surface area contributed by atoms with Gasteiger partial charge in [0.25, 0.3) is 0 Å². The van der Waals surface area contributed by atoms with Gasteiger partial charge < -0.3 is 4.90 Å². The molecule has 2 aliphatic rings. The molecule has 2 unspecified atom stereocenters. The van der Waals surface area contributed by atoms with Gasteiger partial charge in [-0.3, -0.25) is 4.79 Å². The number of piperidine rings is 1. The van der Waals surface area contributed by atoms with Gasteiger partial charge in [-0.05, 0) is 12.8 Å². The second kappa shape index (κ2) is 1.55. The van der Waals surface area contributed by atoms with Crippen molar-refractivity contribution in [2.24, 2.45) is 11.3 Å². The van der Waals surface area contributed by atoms with Crippen molar-refractivity contribution >= 4 is 5.91 Å². The Morgan fingerprint density at radius 3 is 2.80 bits per heavy atom. The van der Waals surface area contributed by atoms with E-state index in [-0.39, 0.29) is 0 Å². The Labute approximate surface area is 61.2 Å². The molecule has 0 aromatic heterocycles. The lowest BCUT2D eigenvalue weighted by Gasteiger charge is -2.13. The number of carbonyl (C=O) groups excluding carboxylic acids is 1. The van der Waals surface area contributed by atoms with Crippen LogP contribution in [0.1, 0.15) is 19.8 Å². The monoisotopic (exact) mass is 139 g/mol. The Hall–Kier alpha value is -0.530. The maximum atomic E-state index is 11.2. The fourth-order valence-electron chi connectivity index (χ4n) is 2.19. The third-order valence-corrected chi connectivity index (χ3v) is 3.12. The van der Waals surface area contributed by atoms with E-state index >= 15 is 0 Å². The molecule has 2 heteroatoms. The van der Waals surface area contributed by atoms with E-state index in [1.807, 2.05) is 11.9 Å². The Kier molecular flexibility index (Phi) is 0.960. The maximum absolute atomic E-state index is 11.2. The van der Waals surface area contributed by atoms with Gasteiger partial charge >= 0.3 is 0 Å². The molecule has 0 bridgehead atoms. The smallest absolute Gasteiger partial charge is 0.226 e. The van der Waals surface area contributed by atoms with Crippen molar-refractivity contribution < 1.29 is 4.79 Å². The van der Waals surface area contributed by atoms with E-state index in [0.29, 0.717) is 17.2 Å². The number of nitrogens with zero attached hydrogens (tertiary/aromatic N) is 1. The quantitative estimate of drug-likeness (QED) is 0.528. The summed E-state index contributed by atoms with van der Waals surface area (Å²) in [5.41, 5.74) is 0.422. The normalized spacial score (nSPS) is 44.0. The van der Waals surface area contributed by atoms with Crippen molar-refractivity contribution in [2.45, 2.75) is 19.8 Å². The standard InChI is InChI=1S/C8H13NO/c1-3-8-4-6(8)7(10)9(2)5-8/h6H,3-5H2,1-2H3. The first-order valence-corrected chi connectivity index (χ1v) is 3.94. The number of amides is 1. The van der Waals surface area contributed by atoms with Gasteiger partial charge in [0.05, 0.1) is 0 Å². The Balaban J connectivity index is 2.18. The summed E-state index contributed by atoms with van der Waals surface area (Å²) in [4.78, 5) is 13.1. The topological polar surface area (TPSA) is 20.3 Å². The molecule has 1 saturated carbocycles. The minimum Gasteiger partial charge on any atom is -0.345 e. The second-order valence-corrected chi connectivity index (χ2v) is 3.67. The summed E-state index contributed by atoms with van der Waals surface area (Å²) >= 11 is 0. The van der Waals surface area contributed by atoms with Crippen LogP contribution in [0.2, 0.25) is 0 Å². The molecule has 1 aliphatic carbocycles. The minimum absolute atomic E-state index is 0.377. The van der Waals surface area contributed by atoms with Crippen LogP contribution in [0.4, 0.5) is 0 Å². The first-order chi connectivity index (χ1) is 4.69. The zero-order chi connectivity index (χ0) is 7.35. The number of hydrogen-bond donors (Lipinski definition) is 0. The lowest BCUT2D eigenvalue weighted by atomic mass is 10.0. The molecule has 0 aromatic carbocycles. The Morgan fingerprint density at radius 2 is 2.50 bits per heavy atom. The molecule has 0 aromatic rings. The van der Waals surface area contributed by atoms with Crippen molar-refractivity contribution in [3.8, 4) is 0 Å². The summed E-state index contributed by atoms with van der Waals surface area (Å²) in [6.45, 7) is 3.19. The fourth-order valence-corrected chi connectivity index (χ4v) is 2.19. The molecule has 56 valence electrons. The van der Waals surface area contributed by atoms with Crippen molar-refractivity contribution in [3.05, 3.63) is 0 Å². The van der Waals surface area contributed by atoms with Crippen molar-refractivity contribution in [1.82, 2.24) is 4.90 Å². The van der Waals surface area contributed by atoms with Crippen LogP contribution in [0.15, 0.2) is 0 Å². The summed E-state index contributed by atoms with van der Waals surface area (Å²) in [7, 11) is 1.91. The fraction of sp³-hybridized carbons (Fsp3) is 0.875. The van der Waals surface area contributed by atoms with E-state index in [1.54, 1.807) is 0 Å². The predicted octanol–water partition coefficient (Wildman–Crippen LogP) is 0.875. The molecule has 1 saturated heterocycles. The van der Waals surface area contributed by atoms with Gasteiger partial charge in [-0.2, -0.15) is 0 Å². The minimum atomic E-state index is 0.377. The molecular weight excluding hydrogens is 126 g/mol. The summed E-state index contributed by atoms with van der Waals surface area (Å²) in [5, 5.41) is 0. The number of fused-ring (bicyclic) bond motifs is 1. The highest BCUT2D eigenvalue weighted by molar-refractivity contribution is 5.85. The van der Waals surface area contributed by atoms with E-state index in [0.717, 1.165) is 13.0 Å². The van der Waals surface area contributed by atoms with Crippen molar-refractivity contribution in [1.29, 1.82) is 0 Å². The highest BCUT2D eigenvalue weighted by atomic mass is 16.2. The van der Waals surface area contributed by atoms with Gasteiger partial charge in [0, 0.05) is 24.9 Å². The third-order valence-electron chi connectivity index (χ3n) is 3.12. The highest BCUT2D eigenvalue weighted by Gasteiger charge is 2.62. The summed E-state index contributed by atoms with van der Waals surface area (Å²) < 4.78 is 0. The van der Waals surface area contributed by atoms with Crippen LogP contribution in [-0.4, -0.2) is 24.4 Å². The lowest BCUT2D eigenvalue weighted by molar-refractivity contribution is -0.128. The number of carbonyl (C=O) groups is 1. The number of rotatable bonds is 1. The highest BCUT2D eigenvalue weighted by Crippen LogP contribution is 2.60. The third kappa shape index (κ3) is 0.522. The second-order valence-electron chi connectivity index (χ2n) is 3.67. The van der Waals surface area contributed by atoms with Gasteiger partial charge in [0.15, 0.2) is 0 Å². The van der Waals surface area contributed by atoms with Crippen LogP contribution in [-0.2, 0) is 4.79 Å². The number of likely N-dealkylation sites (tertiary alicyclic amines) is 1. The van der Waals surface area contributed by atoms with Gasteiger partial charge in [-0.15, -0.1) is 0 Å². The first kappa shape index (κ1) is 6.20. The summed E-state index contributed by atoms with van der Waals surface area (Å²) in [6, 6.07) is 0. The molecule has 10 heavy (non-hydrogen) atoms. The average molecular weight is 139 g/mol. The average Bonchev–Trinajstić information content (AvgIpc) is 2.57. The molecule has 2 atom stereocenters. The van der Waals surface area contributed by atoms with E-state index in [1.165, 1.54) is 6.42 Å². The zero-order valence-corrected chi connectivity index (χ0v) is 6.55. The molecule has 0 radical (unpaired) electrons. The Bertz CT molecular complexity index is 190. The molecule has 2 nitrogen and oxygen atoms in total. The summed E-state index contributed by atoms with van der Waals surface area (Å²) in [6.07, 6.45) is 2.33. The molecular formula is C8H13NO. The molecule has 2 rings (SSSR count). The Morgan fingerprint density at radius 1 is 1.80 bits per heavy atom. The number of hydrogen-bond acceptors (Lipinski definition) is 1. The first-order valence-electron chi connectivity index (χ1n) is 3.94. The van der Waals surface area contributed by atoms with Gasteiger partial charge in [-0.25, -0.2) is 0 Å². The van der Waals surface area contributed by atoms with Crippen LogP contribution in [0.25, 0.3) is 0 Å². The van der Waals surface area contributed by atoms with Gasteiger partial charge in [0.2, 0.25) is 5.91 Å². The molecule has 2 fully saturated rings. The van der Waals surface area contributed by atoms with Crippen LogP contribution in [0.5, 0.6) is 0 Å². The SMILES string of the molecule is CCC12CC1C(=O)N(C)C2. The maximum Gasteiger partial charge on any atom is 0.226 e.